The second-order valence-electron chi connectivity index (χ2n) is 10.8. The summed E-state index contributed by atoms with van der Waals surface area (Å²) >= 11 is 1.17. The van der Waals surface area contributed by atoms with Gasteiger partial charge in [-0.25, -0.2) is 18.9 Å². The van der Waals surface area contributed by atoms with Crippen LogP contribution in [0.3, 0.4) is 0 Å². The normalized spacial score (nSPS) is 11.2. The number of rotatable bonds is 9. The fraction of sp³-hybridized carbons (Fsp3) is 0.323. The van der Waals surface area contributed by atoms with E-state index in [1.54, 1.807) is 46.9 Å². The molecule has 0 aliphatic heterocycles. The zero-order valence-corrected chi connectivity index (χ0v) is 25.8. The molecular formula is C31H34FN5O5S. The molecule has 0 saturated heterocycles. The van der Waals surface area contributed by atoms with E-state index in [1.165, 1.54) is 46.3 Å². The first-order valence-corrected chi connectivity index (χ1v) is 14.5. The molecule has 0 atom stereocenters. The number of aromatic nitrogens is 3. The van der Waals surface area contributed by atoms with E-state index >= 15 is 0 Å². The lowest BCUT2D eigenvalue weighted by atomic mass is 10.2. The Morgan fingerprint density at radius 1 is 1.00 bits per heavy atom. The third kappa shape index (κ3) is 7.63. The quantitative estimate of drug-likeness (QED) is 0.255. The zero-order chi connectivity index (χ0) is 31.3. The van der Waals surface area contributed by atoms with Crippen molar-refractivity contribution in [2.45, 2.75) is 46.3 Å². The van der Waals surface area contributed by atoms with Crippen LogP contribution in [0.2, 0.25) is 0 Å². The minimum Gasteiger partial charge on any atom is -0.482 e. The van der Waals surface area contributed by atoms with Crippen molar-refractivity contribution in [3.05, 3.63) is 98.7 Å². The summed E-state index contributed by atoms with van der Waals surface area (Å²) < 4.78 is 26.3. The van der Waals surface area contributed by atoms with E-state index < -0.39 is 23.0 Å². The van der Waals surface area contributed by atoms with Crippen LogP contribution in [0.15, 0.2) is 65.6 Å². The number of ether oxygens (including phenoxy) is 2. The number of hydrogen-bond donors (Lipinski definition) is 0. The van der Waals surface area contributed by atoms with Gasteiger partial charge in [0.2, 0.25) is 5.43 Å². The first-order valence-electron chi connectivity index (χ1n) is 13.6. The van der Waals surface area contributed by atoms with Crippen molar-refractivity contribution in [1.29, 1.82) is 0 Å². The summed E-state index contributed by atoms with van der Waals surface area (Å²) in [6.45, 7) is 7.31. The first kappa shape index (κ1) is 31.4. The molecule has 4 rings (SSSR count). The van der Waals surface area contributed by atoms with Crippen molar-refractivity contribution < 1.29 is 23.5 Å². The Morgan fingerprint density at radius 3 is 2.30 bits per heavy atom. The molecule has 226 valence electrons. The molecule has 10 nitrogen and oxygen atoms in total. The smallest absolute Gasteiger partial charge is 0.429 e. The minimum absolute atomic E-state index is 0.00224. The number of hydrogen-bond acceptors (Lipinski definition) is 8. The largest absolute Gasteiger partial charge is 0.482 e. The van der Waals surface area contributed by atoms with Crippen LogP contribution in [0.5, 0.6) is 5.75 Å². The van der Waals surface area contributed by atoms with Gasteiger partial charge in [0.25, 0.3) is 5.91 Å². The van der Waals surface area contributed by atoms with Crippen LogP contribution in [0, 0.1) is 5.82 Å². The average molecular weight is 608 g/mol. The number of benzene rings is 2. The van der Waals surface area contributed by atoms with Crippen molar-refractivity contribution in [2.24, 2.45) is 0 Å². The second-order valence-corrected chi connectivity index (χ2v) is 11.9. The van der Waals surface area contributed by atoms with Gasteiger partial charge in [-0.05, 0) is 51.0 Å². The van der Waals surface area contributed by atoms with Crippen molar-refractivity contribution in [3.63, 3.8) is 0 Å². The van der Waals surface area contributed by atoms with Gasteiger partial charge in [0.05, 0.1) is 5.56 Å². The minimum atomic E-state index is -0.821. The van der Waals surface area contributed by atoms with E-state index in [0.717, 1.165) is 16.1 Å². The number of nitrogens with zero attached hydrogens (tertiary/aromatic N) is 5. The molecule has 2 aromatic heterocycles. The summed E-state index contributed by atoms with van der Waals surface area (Å²) in [7, 11) is 3.03. The first-order chi connectivity index (χ1) is 20.4. The maximum atomic E-state index is 14.1. The Bertz CT molecular complexity index is 1650. The third-order valence-electron chi connectivity index (χ3n) is 6.34. The molecule has 12 heteroatoms. The monoisotopic (exact) mass is 607 g/mol. The Balaban J connectivity index is 1.87. The van der Waals surface area contributed by atoms with E-state index in [2.05, 4.69) is 10.2 Å². The fourth-order valence-electron chi connectivity index (χ4n) is 3.98. The summed E-state index contributed by atoms with van der Waals surface area (Å²) in [5, 5.41) is 10.4. The molecule has 43 heavy (non-hydrogen) atoms. The van der Waals surface area contributed by atoms with E-state index in [-0.39, 0.29) is 34.4 Å². The summed E-state index contributed by atoms with van der Waals surface area (Å²) in [5.74, 6) is -1.11. The Kier molecular flexibility index (Phi) is 9.59. The molecule has 0 radical (unpaired) electrons. The highest BCUT2D eigenvalue weighted by Crippen LogP contribution is 2.28. The second kappa shape index (κ2) is 13.2. The predicted octanol–water partition coefficient (Wildman–Crippen LogP) is 5.27. The van der Waals surface area contributed by atoms with Crippen LogP contribution in [0.4, 0.5) is 9.18 Å². The van der Waals surface area contributed by atoms with E-state index in [1.807, 2.05) is 30.3 Å². The molecule has 0 aliphatic rings. The molecule has 0 spiro atoms. The molecule has 2 heterocycles. The van der Waals surface area contributed by atoms with Crippen LogP contribution in [0.1, 0.15) is 54.3 Å². The molecule has 0 N–H and O–H groups in total. The molecule has 0 fully saturated rings. The standard InChI is InChI=1S/C31H34FN5O5S/c1-7-35(5)29(39)25-27(41-19-21-11-9-8-10-12-21)26(38)23(18-37(25)36(6)30(40)42-31(2,3)4)28-34-33-24(43-28)17-20-13-15-22(32)16-14-20/h8-16,18H,7,17,19H2,1-6H3. The van der Waals surface area contributed by atoms with E-state index in [4.69, 9.17) is 9.47 Å². The Morgan fingerprint density at radius 2 is 1.67 bits per heavy atom. The van der Waals surface area contributed by atoms with E-state index in [0.29, 0.717) is 18.0 Å². The lowest BCUT2D eigenvalue weighted by molar-refractivity contribution is 0.0547. The molecule has 4 aromatic rings. The fourth-order valence-corrected chi connectivity index (χ4v) is 4.86. The Hall–Kier alpha value is -4.58. The lowest BCUT2D eigenvalue weighted by Crippen LogP contribution is -2.45. The zero-order valence-electron chi connectivity index (χ0n) is 25.0. The lowest BCUT2D eigenvalue weighted by Gasteiger charge is -2.29. The molecule has 0 bridgehead atoms. The summed E-state index contributed by atoms with van der Waals surface area (Å²) in [5.41, 5.74) is 0.136. The molecule has 0 aliphatic carbocycles. The number of carbonyl (C=O) groups is 2. The van der Waals surface area contributed by atoms with Gasteiger partial charge in [-0.15, -0.1) is 10.2 Å². The SMILES string of the molecule is CCN(C)C(=O)c1c(OCc2ccccc2)c(=O)c(-c2nnc(Cc3ccc(F)cc3)s2)cn1N(C)C(=O)OC(C)(C)C. The molecular weight excluding hydrogens is 573 g/mol. The molecule has 0 unspecified atom stereocenters. The number of halogens is 1. The molecule has 0 saturated carbocycles. The van der Waals surface area contributed by atoms with Gasteiger partial charge in [-0.3, -0.25) is 9.59 Å². The van der Waals surface area contributed by atoms with Crippen molar-refractivity contribution in [3.8, 4) is 16.3 Å². The summed E-state index contributed by atoms with van der Waals surface area (Å²) in [4.78, 5) is 42.4. The average Bonchev–Trinajstić information content (AvgIpc) is 3.44. The number of carbonyl (C=O) groups excluding carboxylic acids is 2. The van der Waals surface area contributed by atoms with Crippen LogP contribution < -0.4 is 15.2 Å². The van der Waals surface area contributed by atoms with Gasteiger partial charge >= 0.3 is 6.09 Å². The highest BCUT2D eigenvalue weighted by atomic mass is 32.1. The van der Waals surface area contributed by atoms with Crippen molar-refractivity contribution in [2.75, 3.05) is 25.6 Å². The number of amides is 2. The van der Waals surface area contributed by atoms with Gasteiger partial charge < -0.3 is 14.4 Å². The van der Waals surface area contributed by atoms with Crippen molar-refractivity contribution in [1.82, 2.24) is 19.8 Å². The summed E-state index contributed by atoms with van der Waals surface area (Å²) in [6, 6.07) is 15.2. The van der Waals surface area contributed by atoms with Crippen LogP contribution >= 0.6 is 11.3 Å². The summed E-state index contributed by atoms with van der Waals surface area (Å²) in [6.07, 6.45) is 0.998. The molecule has 2 amide bonds. The maximum absolute atomic E-state index is 14.1. The van der Waals surface area contributed by atoms with Gasteiger partial charge in [0.1, 0.15) is 23.0 Å². The van der Waals surface area contributed by atoms with Crippen LogP contribution in [-0.4, -0.2) is 58.0 Å². The van der Waals surface area contributed by atoms with Crippen LogP contribution in [-0.2, 0) is 17.8 Å². The Labute approximate surface area is 253 Å². The van der Waals surface area contributed by atoms with Crippen LogP contribution in [0.25, 0.3) is 10.6 Å². The van der Waals surface area contributed by atoms with Gasteiger partial charge in [0.15, 0.2) is 16.5 Å². The number of pyridine rings is 1. The van der Waals surface area contributed by atoms with Crippen molar-refractivity contribution >= 4 is 23.3 Å². The van der Waals surface area contributed by atoms with Gasteiger partial charge in [-0.1, -0.05) is 53.8 Å². The predicted molar refractivity (Wildman–Crippen MR) is 163 cm³/mol. The topological polar surface area (TPSA) is 107 Å². The van der Waals surface area contributed by atoms with E-state index in [9.17, 15) is 18.8 Å². The molecule has 2 aromatic carbocycles. The van der Waals surface area contributed by atoms with Gasteiger partial charge in [-0.2, -0.15) is 0 Å². The highest BCUT2D eigenvalue weighted by molar-refractivity contribution is 7.14. The maximum Gasteiger partial charge on any atom is 0.429 e. The highest BCUT2D eigenvalue weighted by Gasteiger charge is 2.31. The third-order valence-corrected chi connectivity index (χ3v) is 7.30. The van der Waals surface area contributed by atoms with Gasteiger partial charge in [0, 0.05) is 33.3 Å².